The lowest BCUT2D eigenvalue weighted by Gasteiger charge is -2.35. The van der Waals surface area contributed by atoms with Crippen molar-refractivity contribution in [2.75, 3.05) is 19.6 Å². The van der Waals surface area contributed by atoms with Crippen LogP contribution < -0.4 is 0 Å². The highest BCUT2D eigenvalue weighted by Crippen LogP contribution is 2.27. The number of piperidine rings is 1. The number of rotatable bonds is 3. The Balaban J connectivity index is 1.78. The monoisotopic (exact) mass is 223 g/mol. The topological polar surface area (TPSA) is 20.3 Å². The maximum absolute atomic E-state index is 12.1. The molecule has 92 valence electrons. The van der Waals surface area contributed by atoms with Gasteiger partial charge in [-0.25, -0.2) is 0 Å². The van der Waals surface area contributed by atoms with Crippen LogP contribution >= 0.6 is 0 Å². The van der Waals surface area contributed by atoms with Gasteiger partial charge in [-0.3, -0.25) is 9.69 Å². The highest BCUT2D eigenvalue weighted by Gasteiger charge is 2.27. The van der Waals surface area contributed by atoms with Crippen molar-refractivity contribution in [2.45, 2.75) is 46.0 Å². The van der Waals surface area contributed by atoms with E-state index in [0.717, 1.165) is 44.3 Å². The van der Waals surface area contributed by atoms with Crippen LogP contribution in [0.5, 0.6) is 0 Å². The van der Waals surface area contributed by atoms with Gasteiger partial charge in [0.2, 0.25) is 0 Å². The van der Waals surface area contributed by atoms with Gasteiger partial charge in [-0.05, 0) is 37.6 Å². The minimum Gasteiger partial charge on any atom is -0.298 e. The second kappa shape index (κ2) is 5.31. The molecule has 1 saturated carbocycles. The van der Waals surface area contributed by atoms with Crippen LogP contribution in [0.1, 0.15) is 46.0 Å². The summed E-state index contributed by atoms with van der Waals surface area (Å²) in [7, 11) is 0. The Bertz CT molecular complexity index is 245. The number of nitrogens with zero attached hydrogens (tertiary/aromatic N) is 1. The number of ketones is 1. The van der Waals surface area contributed by atoms with Gasteiger partial charge >= 0.3 is 0 Å². The lowest BCUT2D eigenvalue weighted by atomic mass is 9.88. The molecule has 2 heteroatoms. The predicted molar refractivity (Wildman–Crippen MR) is 66.4 cm³/mol. The van der Waals surface area contributed by atoms with Crippen molar-refractivity contribution in [3.05, 3.63) is 0 Å². The summed E-state index contributed by atoms with van der Waals surface area (Å²) in [5.74, 6) is 2.50. The third kappa shape index (κ3) is 2.85. The molecular formula is C14H25NO. The Labute approximate surface area is 99.4 Å². The second-order valence-electron chi connectivity index (χ2n) is 5.93. The smallest absolute Gasteiger partial charge is 0.149 e. The molecule has 1 aliphatic carbocycles. The Kier molecular flexibility index (Phi) is 4.01. The number of likely N-dealkylation sites (tertiary alicyclic amines) is 1. The van der Waals surface area contributed by atoms with Crippen molar-refractivity contribution in [1.29, 1.82) is 0 Å². The van der Waals surface area contributed by atoms with E-state index in [1.165, 1.54) is 19.3 Å². The van der Waals surface area contributed by atoms with Gasteiger partial charge in [0, 0.05) is 12.5 Å². The fraction of sp³-hybridized carbons (Fsp3) is 0.929. The van der Waals surface area contributed by atoms with E-state index in [1.54, 1.807) is 0 Å². The molecule has 0 amide bonds. The fourth-order valence-corrected chi connectivity index (χ4v) is 3.09. The average Bonchev–Trinajstić information content (AvgIpc) is 2.77. The summed E-state index contributed by atoms with van der Waals surface area (Å²) in [5.41, 5.74) is 0. The van der Waals surface area contributed by atoms with Crippen LogP contribution in [0.3, 0.4) is 0 Å². The van der Waals surface area contributed by atoms with E-state index in [-0.39, 0.29) is 0 Å². The van der Waals surface area contributed by atoms with Crippen LogP contribution in [0.2, 0.25) is 0 Å². The maximum Gasteiger partial charge on any atom is 0.149 e. The Morgan fingerprint density at radius 2 is 1.81 bits per heavy atom. The van der Waals surface area contributed by atoms with Crippen molar-refractivity contribution in [2.24, 2.45) is 17.8 Å². The molecule has 2 aliphatic rings. The fourth-order valence-electron chi connectivity index (χ4n) is 3.09. The third-order valence-electron chi connectivity index (χ3n) is 4.61. The minimum absolute atomic E-state index is 0.398. The lowest BCUT2D eigenvalue weighted by Crippen LogP contribution is -2.42. The zero-order valence-electron chi connectivity index (χ0n) is 10.7. The predicted octanol–water partition coefficient (Wildman–Crippen LogP) is 2.72. The summed E-state index contributed by atoms with van der Waals surface area (Å²) in [6.07, 6.45) is 6.10. The number of carbonyl (C=O) groups is 1. The first-order valence-electron chi connectivity index (χ1n) is 6.92. The van der Waals surface area contributed by atoms with Gasteiger partial charge in [0.1, 0.15) is 5.78 Å². The molecular weight excluding hydrogens is 198 g/mol. The van der Waals surface area contributed by atoms with Gasteiger partial charge < -0.3 is 0 Å². The summed E-state index contributed by atoms with van der Waals surface area (Å²) < 4.78 is 0. The van der Waals surface area contributed by atoms with E-state index in [1.807, 2.05) is 0 Å². The van der Waals surface area contributed by atoms with Crippen molar-refractivity contribution < 1.29 is 4.79 Å². The molecule has 0 aromatic heterocycles. The standard InChI is InChI=1S/C14H25NO/c1-11-7-8-15(9-12(11)2)10-14(16)13-5-3-4-6-13/h11-13H,3-10H2,1-2H3. The summed E-state index contributed by atoms with van der Waals surface area (Å²) in [6, 6.07) is 0. The second-order valence-corrected chi connectivity index (χ2v) is 5.93. The molecule has 2 atom stereocenters. The Morgan fingerprint density at radius 1 is 1.12 bits per heavy atom. The molecule has 2 fully saturated rings. The number of hydrogen-bond donors (Lipinski definition) is 0. The molecule has 0 bridgehead atoms. The molecule has 1 aliphatic heterocycles. The number of Topliss-reactive ketones (excluding diaryl/α,β-unsaturated/α-hetero) is 1. The molecule has 16 heavy (non-hydrogen) atoms. The Morgan fingerprint density at radius 3 is 2.44 bits per heavy atom. The molecule has 0 aromatic carbocycles. The van der Waals surface area contributed by atoms with Crippen molar-refractivity contribution >= 4 is 5.78 Å². The first kappa shape index (κ1) is 12.1. The molecule has 1 heterocycles. The summed E-state index contributed by atoms with van der Waals surface area (Å²) in [5, 5.41) is 0. The van der Waals surface area contributed by atoms with Gasteiger partial charge in [0.05, 0.1) is 6.54 Å². The first-order chi connectivity index (χ1) is 7.66. The molecule has 2 unspecified atom stereocenters. The first-order valence-corrected chi connectivity index (χ1v) is 6.92. The summed E-state index contributed by atoms with van der Waals surface area (Å²) in [4.78, 5) is 14.4. The highest BCUT2D eigenvalue weighted by atomic mass is 16.1. The molecule has 0 radical (unpaired) electrons. The van der Waals surface area contributed by atoms with Crippen LogP contribution in [-0.2, 0) is 4.79 Å². The van der Waals surface area contributed by atoms with Gasteiger partial charge in [0.25, 0.3) is 0 Å². The van der Waals surface area contributed by atoms with Crippen LogP contribution in [-0.4, -0.2) is 30.3 Å². The number of carbonyl (C=O) groups excluding carboxylic acids is 1. The third-order valence-corrected chi connectivity index (χ3v) is 4.61. The molecule has 1 saturated heterocycles. The summed E-state index contributed by atoms with van der Waals surface area (Å²) in [6.45, 7) is 7.63. The number of hydrogen-bond acceptors (Lipinski definition) is 2. The van der Waals surface area contributed by atoms with Gasteiger partial charge in [-0.15, -0.1) is 0 Å². The highest BCUT2D eigenvalue weighted by molar-refractivity contribution is 5.83. The van der Waals surface area contributed by atoms with E-state index in [9.17, 15) is 4.79 Å². The van der Waals surface area contributed by atoms with Crippen LogP contribution in [0.4, 0.5) is 0 Å². The zero-order valence-corrected chi connectivity index (χ0v) is 10.7. The molecule has 0 aromatic rings. The van der Waals surface area contributed by atoms with Gasteiger partial charge in [0.15, 0.2) is 0 Å². The normalized spacial score (nSPS) is 33.1. The van der Waals surface area contributed by atoms with E-state index in [2.05, 4.69) is 18.7 Å². The molecule has 2 nitrogen and oxygen atoms in total. The van der Waals surface area contributed by atoms with Crippen molar-refractivity contribution in [3.8, 4) is 0 Å². The SMILES string of the molecule is CC1CCN(CC(=O)C2CCCC2)CC1C. The molecule has 2 rings (SSSR count). The summed E-state index contributed by atoms with van der Waals surface area (Å²) >= 11 is 0. The molecule has 0 spiro atoms. The van der Waals surface area contributed by atoms with E-state index < -0.39 is 0 Å². The van der Waals surface area contributed by atoms with Crippen LogP contribution in [0.15, 0.2) is 0 Å². The average molecular weight is 223 g/mol. The lowest BCUT2D eigenvalue weighted by molar-refractivity contribution is -0.124. The van der Waals surface area contributed by atoms with Crippen LogP contribution in [0.25, 0.3) is 0 Å². The minimum atomic E-state index is 0.398. The molecule has 0 N–H and O–H groups in total. The Hall–Kier alpha value is -0.370. The van der Waals surface area contributed by atoms with Gasteiger partial charge in [-0.2, -0.15) is 0 Å². The van der Waals surface area contributed by atoms with E-state index >= 15 is 0 Å². The quantitative estimate of drug-likeness (QED) is 0.733. The van der Waals surface area contributed by atoms with E-state index in [0.29, 0.717) is 11.7 Å². The van der Waals surface area contributed by atoms with Crippen LogP contribution in [0, 0.1) is 17.8 Å². The maximum atomic E-state index is 12.1. The van der Waals surface area contributed by atoms with Crippen molar-refractivity contribution in [1.82, 2.24) is 4.90 Å². The van der Waals surface area contributed by atoms with Crippen molar-refractivity contribution in [3.63, 3.8) is 0 Å². The largest absolute Gasteiger partial charge is 0.298 e. The zero-order chi connectivity index (χ0) is 11.5. The van der Waals surface area contributed by atoms with E-state index in [4.69, 9.17) is 0 Å². The van der Waals surface area contributed by atoms with Gasteiger partial charge in [-0.1, -0.05) is 26.7 Å².